The van der Waals surface area contributed by atoms with Crippen LogP contribution in [-0.4, -0.2) is 23.9 Å². The van der Waals surface area contributed by atoms with Gasteiger partial charge in [0.25, 0.3) is 0 Å². The van der Waals surface area contributed by atoms with Gasteiger partial charge in [0.2, 0.25) is 0 Å². The predicted molar refractivity (Wildman–Crippen MR) is 39.5 cm³/mol. The average Bonchev–Trinajstić information content (AvgIpc) is 2.29. The molecule has 0 bridgehead atoms. The second-order valence-corrected chi connectivity index (χ2v) is 3.07. The molecule has 0 aliphatic carbocycles. The van der Waals surface area contributed by atoms with Crippen molar-refractivity contribution in [2.75, 3.05) is 0 Å². The van der Waals surface area contributed by atoms with Gasteiger partial charge in [0.15, 0.2) is 10.7 Å². The number of thiazole rings is 1. The van der Waals surface area contributed by atoms with Crippen molar-refractivity contribution in [3.8, 4) is 0 Å². The SMILES string of the molecule is [B]c1sc(C(F)(F)F)nc1C(=O)O. The number of aromatic carboxylic acids is 1. The Morgan fingerprint density at radius 3 is 2.31 bits per heavy atom. The van der Waals surface area contributed by atoms with Crippen molar-refractivity contribution in [3.05, 3.63) is 10.7 Å². The van der Waals surface area contributed by atoms with Crippen molar-refractivity contribution in [2.45, 2.75) is 6.18 Å². The van der Waals surface area contributed by atoms with Crippen LogP contribution in [0.15, 0.2) is 0 Å². The lowest BCUT2D eigenvalue weighted by molar-refractivity contribution is -0.137. The molecule has 13 heavy (non-hydrogen) atoms. The van der Waals surface area contributed by atoms with E-state index in [1.165, 1.54) is 0 Å². The molecular formula is C5HBF3NO2S. The summed E-state index contributed by atoms with van der Waals surface area (Å²) in [5.74, 6) is -1.57. The van der Waals surface area contributed by atoms with Crippen molar-refractivity contribution >= 4 is 29.9 Å². The van der Waals surface area contributed by atoms with E-state index in [-0.39, 0.29) is 11.3 Å². The molecule has 1 N–H and O–H groups in total. The Bertz CT molecular complexity index is 348. The van der Waals surface area contributed by atoms with Gasteiger partial charge in [0, 0.05) is 0 Å². The summed E-state index contributed by atoms with van der Waals surface area (Å²) >= 11 is 0.110. The number of carboxylic acids is 1. The molecule has 0 amide bonds. The van der Waals surface area contributed by atoms with Gasteiger partial charge in [-0.15, -0.1) is 11.3 Å². The molecule has 1 aromatic heterocycles. The summed E-state index contributed by atoms with van der Waals surface area (Å²) in [6.45, 7) is 0. The smallest absolute Gasteiger partial charge is 0.443 e. The third kappa shape index (κ3) is 2.00. The number of rotatable bonds is 1. The van der Waals surface area contributed by atoms with E-state index in [0.29, 0.717) is 0 Å². The molecule has 8 heteroatoms. The van der Waals surface area contributed by atoms with E-state index < -0.39 is 27.6 Å². The fourth-order valence-electron chi connectivity index (χ4n) is 0.606. The molecule has 1 aromatic rings. The van der Waals surface area contributed by atoms with Gasteiger partial charge in [-0.1, -0.05) is 0 Å². The molecule has 1 rings (SSSR count). The zero-order valence-corrected chi connectivity index (χ0v) is 6.74. The molecule has 0 unspecified atom stereocenters. The number of alkyl halides is 3. The molecule has 0 saturated heterocycles. The van der Waals surface area contributed by atoms with E-state index in [2.05, 4.69) is 4.98 Å². The van der Waals surface area contributed by atoms with E-state index in [1.807, 2.05) is 0 Å². The molecule has 68 valence electrons. The van der Waals surface area contributed by atoms with Gasteiger partial charge >= 0.3 is 12.1 Å². The average molecular weight is 207 g/mol. The second-order valence-electron chi connectivity index (χ2n) is 2.03. The van der Waals surface area contributed by atoms with Crippen LogP contribution in [0.25, 0.3) is 0 Å². The van der Waals surface area contributed by atoms with Crippen LogP contribution >= 0.6 is 11.3 Å². The molecule has 2 radical (unpaired) electrons. The van der Waals surface area contributed by atoms with Gasteiger partial charge in [0.1, 0.15) is 7.85 Å². The van der Waals surface area contributed by atoms with E-state index in [4.69, 9.17) is 13.0 Å². The van der Waals surface area contributed by atoms with Crippen LogP contribution in [0.3, 0.4) is 0 Å². The summed E-state index contributed by atoms with van der Waals surface area (Å²) in [5, 5.41) is 7.09. The molecule has 0 atom stereocenters. The number of hydrogen-bond acceptors (Lipinski definition) is 3. The Hall–Kier alpha value is -1.05. The molecule has 0 saturated carbocycles. The van der Waals surface area contributed by atoms with Crippen LogP contribution in [0.5, 0.6) is 0 Å². The van der Waals surface area contributed by atoms with Gasteiger partial charge in [-0.25, -0.2) is 9.78 Å². The van der Waals surface area contributed by atoms with E-state index >= 15 is 0 Å². The summed E-state index contributed by atoms with van der Waals surface area (Å²) in [7, 11) is 5.01. The quantitative estimate of drug-likeness (QED) is 0.687. The van der Waals surface area contributed by atoms with Gasteiger partial charge < -0.3 is 5.11 Å². The zero-order valence-electron chi connectivity index (χ0n) is 5.92. The zero-order chi connectivity index (χ0) is 10.2. The van der Waals surface area contributed by atoms with Crippen LogP contribution in [0.1, 0.15) is 15.5 Å². The number of carbonyl (C=O) groups is 1. The summed E-state index contributed by atoms with van der Waals surface area (Å²) in [6, 6.07) is 0. The van der Waals surface area contributed by atoms with Crippen LogP contribution in [0.2, 0.25) is 0 Å². The van der Waals surface area contributed by atoms with Crippen LogP contribution in [-0.2, 0) is 6.18 Å². The minimum atomic E-state index is -4.65. The lowest BCUT2D eigenvalue weighted by atomic mass is 10.1. The minimum Gasteiger partial charge on any atom is -0.477 e. The van der Waals surface area contributed by atoms with Crippen molar-refractivity contribution in [1.29, 1.82) is 0 Å². The molecule has 0 aromatic carbocycles. The Morgan fingerprint density at radius 1 is 1.54 bits per heavy atom. The topological polar surface area (TPSA) is 50.2 Å². The van der Waals surface area contributed by atoms with Crippen LogP contribution < -0.4 is 4.78 Å². The Balaban J connectivity index is 3.17. The van der Waals surface area contributed by atoms with E-state index in [9.17, 15) is 18.0 Å². The molecule has 0 aliphatic heterocycles. The van der Waals surface area contributed by atoms with Gasteiger partial charge in [-0.05, 0) is 4.78 Å². The summed E-state index contributed by atoms with van der Waals surface area (Å²) < 4.78 is 35.4. The van der Waals surface area contributed by atoms with Crippen molar-refractivity contribution in [1.82, 2.24) is 4.98 Å². The third-order valence-electron chi connectivity index (χ3n) is 1.10. The van der Waals surface area contributed by atoms with Crippen molar-refractivity contribution in [2.24, 2.45) is 0 Å². The number of halogens is 3. The first-order chi connectivity index (χ1) is 5.82. The van der Waals surface area contributed by atoms with E-state index in [1.54, 1.807) is 0 Å². The normalized spacial score (nSPS) is 11.6. The standard InChI is InChI=1S/C5HBF3NO2S/c6-2-1(3(11)12)10-4(13-2)5(7,8)9/h(H,11,12). The number of aromatic nitrogens is 1. The van der Waals surface area contributed by atoms with Crippen LogP contribution in [0.4, 0.5) is 13.2 Å². The highest BCUT2D eigenvalue weighted by molar-refractivity contribution is 7.20. The van der Waals surface area contributed by atoms with Gasteiger partial charge in [0.05, 0.1) is 0 Å². The Morgan fingerprint density at radius 2 is 2.08 bits per heavy atom. The first kappa shape index (κ1) is 10.0. The lowest BCUT2D eigenvalue weighted by Gasteiger charge is -1.98. The minimum absolute atomic E-state index is 0.110. The highest BCUT2D eigenvalue weighted by atomic mass is 32.1. The molecule has 0 spiro atoms. The number of carboxylic acid groups (broad SMARTS) is 1. The summed E-state index contributed by atoms with van der Waals surface area (Å²) in [6.07, 6.45) is -4.65. The highest BCUT2D eigenvalue weighted by Crippen LogP contribution is 2.30. The monoisotopic (exact) mass is 207 g/mol. The maximum absolute atomic E-state index is 11.9. The molecule has 3 nitrogen and oxygen atoms in total. The maximum atomic E-state index is 11.9. The first-order valence-corrected chi connectivity index (χ1v) is 3.71. The fourth-order valence-corrected chi connectivity index (χ4v) is 1.30. The van der Waals surface area contributed by atoms with E-state index in [0.717, 1.165) is 0 Å². The Kier molecular flexibility index (Phi) is 2.33. The Labute approximate surface area is 75.6 Å². The molecule has 0 aliphatic rings. The van der Waals surface area contributed by atoms with Crippen LogP contribution in [0, 0.1) is 0 Å². The largest absolute Gasteiger partial charge is 0.477 e. The highest BCUT2D eigenvalue weighted by Gasteiger charge is 2.36. The number of hydrogen-bond donors (Lipinski definition) is 1. The van der Waals surface area contributed by atoms with Gasteiger partial charge in [-0.2, -0.15) is 13.2 Å². The number of nitrogens with zero attached hydrogens (tertiary/aromatic N) is 1. The fraction of sp³-hybridized carbons (Fsp3) is 0.200. The van der Waals surface area contributed by atoms with Gasteiger partial charge in [-0.3, -0.25) is 0 Å². The predicted octanol–water partition coefficient (Wildman–Crippen LogP) is 0.654. The molecule has 1 heterocycles. The summed E-state index contributed by atoms with van der Waals surface area (Å²) in [5.41, 5.74) is -0.752. The lowest BCUT2D eigenvalue weighted by Crippen LogP contribution is -2.11. The van der Waals surface area contributed by atoms with Crippen molar-refractivity contribution in [3.63, 3.8) is 0 Å². The third-order valence-corrected chi connectivity index (χ3v) is 2.03. The first-order valence-electron chi connectivity index (χ1n) is 2.89. The second kappa shape index (κ2) is 3.02. The van der Waals surface area contributed by atoms with Crippen molar-refractivity contribution < 1.29 is 23.1 Å². The maximum Gasteiger partial charge on any atom is 0.443 e. The molecule has 0 fully saturated rings. The summed E-state index contributed by atoms with van der Waals surface area (Å²) in [4.78, 5) is 13.1. The molecular weight excluding hydrogens is 206 g/mol.